The van der Waals surface area contributed by atoms with Crippen LogP contribution in [0.1, 0.15) is 26.2 Å². The minimum Gasteiger partial charge on any atom is -0.427 e. The summed E-state index contributed by atoms with van der Waals surface area (Å²) < 4.78 is 15.0. The number of ether oxygens (including phenoxy) is 3. The maximum Gasteiger partial charge on any atom is 0.511 e. The maximum absolute atomic E-state index is 10.8. The second kappa shape index (κ2) is 4.87. The van der Waals surface area contributed by atoms with Gasteiger partial charge in [-0.05, 0) is 6.42 Å². The highest BCUT2D eigenvalue weighted by Gasteiger charge is 2.42. The Morgan fingerprint density at radius 1 is 1.71 bits per heavy atom. The predicted octanol–water partition coefficient (Wildman–Crippen LogP) is 1.69. The highest BCUT2D eigenvalue weighted by Crippen LogP contribution is 2.27. The lowest BCUT2D eigenvalue weighted by molar-refractivity contribution is -0.175. The number of carbonyl (C=O) groups excluding carboxylic acids is 1. The topological polar surface area (TPSA) is 44.8 Å². The molecule has 0 aromatic rings. The number of terminal acetylenes is 1. The summed E-state index contributed by atoms with van der Waals surface area (Å²) in [6.45, 7) is 2.31. The summed E-state index contributed by atoms with van der Waals surface area (Å²) in [5.74, 6) is 1.40. The molecule has 0 amide bonds. The van der Waals surface area contributed by atoms with Gasteiger partial charge in [0, 0.05) is 6.42 Å². The second-order valence-corrected chi connectivity index (χ2v) is 3.15. The molecule has 0 aromatic carbocycles. The summed E-state index contributed by atoms with van der Waals surface area (Å²) in [6, 6.07) is 0. The molecule has 0 bridgehead atoms. The molecule has 78 valence electrons. The molecule has 0 spiro atoms. The van der Waals surface area contributed by atoms with E-state index < -0.39 is 11.9 Å². The van der Waals surface area contributed by atoms with E-state index in [4.69, 9.17) is 20.6 Å². The van der Waals surface area contributed by atoms with Crippen molar-refractivity contribution in [3.05, 3.63) is 0 Å². The third-order valence-electron chi connectivity index (χ3n) is 2.01. The Labute approximate surface area is 83.5 Å². The van der Waals surface area contributed by atoms with Gasteiger partial charge in [0.25, 0.3) is 5.79 Å². The molecule has 1 unspecified atom stereocenters. The van der Waals surface area contributed by atoms with Crippen molar-refractivity contribution >= 4 is 6.16 Å². The average Bonchev–Trinajstić information content (AvgIpc) is 2.55. The third kappa shape index (κ3) is 2.64. The zero-order valence-corrected chi connectivity index (χ0v) is 8.25. The molecule has 14 heavy (non-hydrogen) atoms. The van der Waals surface area contributed by atoms with Crippen LogP contribution in [0.15, 0.2) is 0 Å². The van der Waals surface area contributed by atoms with Crippen LogP contribution in [-0.4, -0.2) is 25.2 Å². The van der Waals surface area contributed by atoms with E-state index in [9.17, 15) is 4.79 Å². The first-order valence-electron chi connectivity index (χ1n) is 4.65. The highest BCUT2D eigenvalue weighted by molar-refractivity contribution is 5.62. The molecule has 0 saturated carbocycles. The van der Waals surface area contributed by atoms with Crippen LogP contribution in [0.3, 0.4) is 0 Å². The molecule has 1 fully saturated rings. The van der Waals surface area contributed by atoms with E-state index in [0.29, 0.717) is 6.42 Å². The highest BCUT2D eigenvalue weighted by atomic mass is 16.8. The molecule has 1 heterocycles. The lowest BCUT2D eigenvalue weighted by Gasteiger charge is -2.23. The van der Waals surface area contributed by atoms with Crippen molar-refractivity contribution in [2.45, 2.75) is 32.0 Å². The van der Waals surface area contributed by atoms with Crippen molar-refractivity contribution in [3.8, 4) is 12.3 Å². The van der Waals surface area contributed by atoms with Gasteiger partial charge in [0.2, 0.25) is 0 Å². The Bertz CT molecular complexity index is 243. The van der Waals surface area contributed by atoms with Crippen LogP contribution in [0.2, 0.25) is 0 Å². The van der Waals surface area contributed by atoms with Gasteiger partial charge in [0.15, 0.2) is 6.61 Å². The van der Waals surface area contributed by atoms with Gasteiger partial charge in [-0.15, -0.1) is 6.42 Å². The Balaban J connectivity index is 2.51. The van der Waals surface area contributed by atoms with E-state index >= 15 is 0 Å². The fraction of sp³-hybridized carbons (Fsp3) is 0.700. The molecule has 0 N–H and O–H groups in total. The van der Waals surface area contributed by atoms with Crippen LogP contribution in [0, 0.1) is 12.3 Å². The lowest BCUT2D eigenvalue weighted by Crippen LogP contribution is -2.35. The SMILES string of the molecule is C#CCOC1(CCCC)COC(=O)O1. The Kier molecular flexibility index (Phi) is 3.78. The van der Waals surface area contributed by atoms with Gasteiger partial charge < -0.3 is 14.2 Å². The summed E-state index contributed by atoms with van der Waals surface area (Å²) in [6.07, 6.45) is 6.91. The first-order valence-corrected chi connectivity index (χ1v) is 4.65. The van der Waals surface area contributed by atoms with E-state index in [1.165, 1.54) is 0 Å². The lowest BCUT2D eigenvalue weighted by atomic mass is 10.1. The van der Waals surface area contributed by atoms with Gasteiger partial charge >= 0.3 is 6.16 Å². The Morgan fingerprint density at radius 3 is 3.00 bits per heavy atom. The minimum absolute atomic E-state index is 0.125. The van der Waals surface area contributed by atoms with Crippen molar-refractivity contribution in [3.63, 3.8) is 0 Å². The number of carbonyl (C=O) groups is 1. The molecule has 1 aliphatic rings. The smallest absolute Gasteiger partial charge is 0.427 e. The van der Waals surface area contributed by atoms with Crippen LogP contribution in [0.5, 0.6) is 0 Å². The van der Waals surface area contributed by atoms with E-state index in [-0.39, 0.29) is 13.2 Å². The van der Waals surface area contributed by atoms with Crippen molar-refractivity contribution in [1.82, 2.24) is 0 Å². The van der Waals surface area contributed by atoms with E-state index in [1.807, 2.05) is 6.92 Å². The first-order chi connectivity index (χ1) is 6.72. The van der Waals surface area contributed by atoms with Gasteiger partial charge in [-0.1, -0.05) is 19.3 Å². The standard InChI is InChI=1S/C10H14O4/c1-3-5-6-10(13-7-4-2)8-12-9(11)14-10/h2H,3,5-8H2,1H3. The molecular weight excluding hydrogens is 184 g/mol. The van der Waals surface area contributed by atoms with Gasteiger partial charge in [0.05, 0.1) is 0 Å². The molecule has 0 aromatic heterocycles. The van der Waals surface area contributed by atoms with Crippen LogP contribution >= 0.6 is 0 Å². The first kappa shape index (κ1) is 10.9. The molecule has 1 atom stereocenters. The third-order valence-corrected chi connectivity index (χ3v) is 2.01. The van der Waals surface area contributed by atoms with E-state index in [1.54, 1.807) is 0 Å². The molecule has 1 aliphatic heterocycles. The molecule has 4 nitrogen and oxygen atoms in total. The number of rotatable bonds is 5. The quantitative estimate of drug-likeness (QED) is 0.498. The number of unbranched alkanes of at least 4 members (excludes halogenated alkanes) is 1. The van der Waals surface area contributed by atoms with Gasteiger partial charge in [-0.2, -0.15) is 0 Å². The zero-order valence-electron chi connectivity index (χ0n) is 8.25. The molecule has 1 saturated heterocycles. The molecule has 4 heteroatoms. The largest absolute Gasteiger partial charge is 0.511 e. The molecule has 1 rings (SSSR count). The van der Waals surface area contributed by atoms with Crippen molar-refractivity contribution in [1.29, 1.82) is 0 Å². The van der Waals surface area contributed by atoms with Gasteiger partial charge in [-0.25, -0.2) is 4.79 Å². The molecular formula is C10H14O4. The normalized spacial score (nSPS) is 25.3. The van der Waals surface area contributed by atoms with Crippen molar-refractivity contribution in [2.24, 2.45) is 0 Å². The number of hydrogen-bond donors (Lipinski definition) is 0. The Morgan fingerprint density at radius 2 is 2.50 bits per heavy atom. The fourth-order valence-corrected chi connectivity index (χ4v) is 1.27. The number of hydrogen-bond acceptors (Lipinski definition) is 4. The van der Waals surface area contributed by atoms with Crippen LogP contribution in [0.25, 0.3) is 0 Å². The number of cyclic esters (lactones) is 2. The average molecular weight is 198 g/mol. The molecule has 0 aliphatic carbocycles. The van der Waals surface area contributed by atoms with Crippen LogP contribution < -0.4 is 0 Å². The second-order valence-electron chi connectivity index (χ2n) is 3.15. The Hall–Kier alpha value is -1.21. The van der Waals surface area contributed by atoms with E-state index in [2.05, 4.69) is 5.92 Å². The summed E-state index contributed by atoms with van der Waals surface area (Å²) in [5.41, 5.74) is 0. The van der Waals surface area contributed by atoms with E-state index in [0.717, 1.165) is 12.8 Å². The monoisotopic (exact) mass is 198 g/mol. The van der Waals surface area contributed by atoms with Gasteiger partial charge in [-0.3, -0.25) is 0 Å². The predicted molar refractivity (Wildman–Crippen MR) is 49.5 cm³/mol. The summed E-state index contributed by atoms with van der Waals surface area (Å²) >= 11 is 0. The van der Waals surface area contributed by atoms with Crippen LogP contribution in [-0.2, 0) is 14.2 Å². The zero-order chi connectivity index (χ0) is 10.4. The maximum atomic E-state index is 10.8. The minimum atomic E-state index is -0.945. The summed E-state index contributed by atoms with van der Waals surface area (Å²) in [5, 5.41) is 0. The van der Waals surface area contributed by atoms with Crippen molar-refractivity contribution in [2.75, 3.05) is 13.2 Å². The fourth-order valence-electron chi connectivity index (χ4n) is 1.27. The molecule has 0 radical (unpaired) electrons. The van der Waals surface area contributed by atoms with Crippen molar-refractivity contribution < 1.29 is 19.0 Å². The summed E-state index contributed by atoms with van der Waals surface area (Å²) in [7, 11) is 0. The van der Waals surface area contributed by atoms with Gasteiger partial charge in [0.1, 0.15) is 6.61 Å². The summed E-state index contributed by atoms with van der Waals surface area (Å²) in [4.78, 5) is 10.8. The van der Waals surface area contributed by atoms with Crippen LogP contribution in [0.4, 0.5) is 4.79 Å².